The lowest BCUT2D eigenvalue weighted by Gasteiger charge is -2.07. The highest BCUT2D eigenvalue weighted by Crippen LogP contribution is 2.39. The van der Waals surface area contributed by atoms with E-state index in [4.69, 9.17) is 25.5 Å². The van der Waals surface area contributed by atoms with E-state index in [1.54, 1.807) is 31.2 Å². The number of thioether (sulfide) groups is 1. The minimum Gasteiger partial charge on any atom is -0.484 e. The number of aryl methyl sites for hydroxylation is 1. The lowest BCUT2D eigenvalue weighted by Crippen LogP contribution is -2.16. The van der Waals surface area contributed by atoms with Crippen LogP contribution < -0.4 is 10.1 Å². The van der Waals surface area contributed by atoms with E-state index in [-0.39, 0.29) is 30.1 Å². The van der Waals surface area contributed by atoms with Crippen LogP contribution in [-0.4, -0.2) is 34.4 Å². The van der Waals surface area contributed by atoms with Gasteiger partial charge in [-0.2, -0.15) is 0 Å². The van der Waals surface area contributed by atoms with Crippen molar-refractivity contribution in [3.8, 4) is 5.75 Å². The van der Waals surface area contributed by atoms with Crippen LogP contribution in [0.25, 0.3) is 0 Å². The smallest absolute Gasteiger partial charge is 0.341 e. The Morgan fingerprint density at radius 1 is 1.25 bits per heavy atom. The molecule has 0 fully saturated rings. The van der Waals surface area contributed by atoms with Gasteiger partial charge in [-0.15, -0.1) is 21.5 Å². The van der Waals surface area contributed by atoms with Crippen LogP contribution in [0.4, 0.5) is 5.00 Å². The standard InChI is InChI=1S/C21H20ClN3O5S2/c1-2-28-20(27)18-14-4-3-5-15(14)32-19(18)23-16(26)11-31-21-25-24-17(30-21)10-29-13-8-6-12(22)7-9-13/h6-9H,2-5,10-11H2,1H3,(H,23,26). The number of benzene rings is 1. The predicted octanol–water partition coefficient (Wildman–Crippen LogP) is 4.76. The zero-order valence-corrected chi connectivity index (χ0v) is 19.6. The Morgan fingerprint density at radius 3 is 2.84 bits per heavy atom. The van der Waals surface area contributed by atoms with Gasteiger partial charge in [-0.25, -0.2) is 4.79 Å². The topological polar surface area (TPSA) is 104 Å². The SMILES string of the molecule is CCOC(=O)c1c(NC(=O)CSc2nnc(COc3ccc(Cl)cc3)o2)sc2c1CCC2. The van der Waals surface area contributed by atoms with Crippen LogP contribution >= 0.6 is 34.7 Å². The van der Waals surface area contributed by atoms with Crippen molar-refractivity contribution in [2.75, 3.05) is 17.7 Å². The fourth-order valence-electron chi connectivity index (χ4n) is 3.23. The second-order valence-corrected chi connectivity index (χ2v) is 9.29. The Hall–Kier alpha value is -2.56. The van der Waals surface area contributed by atoms with Crippen LogP contribution in [0.3, 0.4) is 0 Å². The largest absolute Gasteiger partial charge is 0.484 e. The zero-order valence-electron chi connectivity index (χ0n) is 17.2. The number of nitrogens with one attached hydrogen (secondary N) is 1. The number of amides is 1. The van der Waals surface area contributed by atoms with Crippen LogP contribution in [0.15, 0.2) is 33.9 Å². The van der Waals surface area contributed by atoms with Gasteiger partial charge in [0.2, 0.25) is 5.91 Å². The number of carbonyl (C=O) groups is 2. The Morgan fingerprint density at radius 2 is 2.06 bits per heavy atom. The van der Waals surface area contributed by atoms with E-state index in [1.807, 2.05) is 0 Å². The molecule has 32 heavy (non-hydrogen) atoms. The highest BCUT2D eigenvalue weighted by atomic mass is 35.5. The van der Waals surface area contributed by atoms with Crippen LogP contribution in [0, 0.1) is 0 Å². The molecule has 8 nitrogen and oxygen atoms in total. The highest BCUT2D eigenvalue weighted by Gasteiger charge is 2.28. The molecule has 0 spiro atoms. The molecule has 0 radical (unpaired) electrons. The number of anilines is 1. The number of fused-ring (bicyclic) bond motifs is 1. The molecule has 0 aliphatic heterocycles. The van der Waals surface area contributed by atoms with Crippen LogP contribution in [0.2, 0.25) is 5.02 Å². The van der Waals surface area contributed by atoms with E-state index in [1.165, 1.54) is 11.3 Å². The Balaban J connectivity index is 1.31. The minimum absolute atomic E-state index is 0.0600. The van der Waals surface area contributed by atoms with E-state index in [0.29, 0.717) is 27.2 Å². The van der Waals surface area contributed by atoms with Gasteiger partial charge in [-0.1, -0.05) is 23.4 Å². The van der Waals surface area contributed by atoms with E-state index in [2.05, 4.69) is 15.5 Å². The number of ether oxygens (including phenoxy) is 2. The number of aromatic nitrogens is 2. The number of esters is 1. The first-order valence-electron chi connectivity index (χ1n) is 9.98. The molecule has 168 valence electrons. The molecule has 0 saturated heterocycles. The Labute approximate surface area is 197 Å². The van der Waals surface area contributed by atoms with Crippen LogP contribution in [0.5, 0.6) is 5.75 Å². The molecular weight excluding hydrogens is 474 g/mol. The molecule has 4 rings (SSSR count). The normalized spacial score (nSPS) is 12.4. The summed E-state index contributed by atoms with van der Waals surface area (Å²) in [5, 5.41) is 12.1. The summed E-state index contributed by atoms with van der Waals surface area (Å²) in [6.07, 6.45) is 2.76. The third-order valence-electron chi connectivity index (χ3n) is 4.60. The van der Waals surface area contributed by atoms with Crippen molar-refractivity contribution in [2.24, 2.45) is 0 Å². The molecular formula is C21H20ClN3O5S2. The van der Waals surface area contributed by atoms with Gasteiger partial charge < -0.3 is 19.2 Å². The maximum absolute atomic E-state index is 12.5. The van der Waals surface area contributed by atoms with Crippen molar-refractivity contribution in [1.29, 1.82) is 0 Å². The average molecular weight is 494 g/mol. The summed E-state index contributed by atoms with van der Waals surface area (Å²) in [6, 6.07) is 6.92. The number of halogens is 1. The summed E-state index contributed by atoms with van der Waals surface area (Å²) in [4.78, 5) is 26.0. The van der Waals surface area contributed by atoms with Gasteiger partial charge in [0, 0.05) is 9.90 Å². The summed E-state index contributed by atoms with van der Waals surface area (Å²) in [7, 11) is 0. The number of hydrogen-bond acceptors (Lipinski definition) is 9. The second kappa shape index (κ2) is 10.4. The van der Waals surface area contributed by atoms with Gasteiger partial charge in [0.15, 0.2) is 6.61 Å². The van der Waals surface area contributed by atoms with Gasteiger partial charge in [0.1, 0.15) is 10.8 Å². The first kappa shape index (κ1) is 22.6. The summed E-state index contributed by atoms with van der Waals surface area (Å²) < 4.78 is 16.3. The summed E-state index contributed by atoms with van der Waals surface area (Å²) in [6.45, 7) is 2.15. The maximum atomic E-state index is 12.5. The van der Waals surface area contributed by atoms with Gasteiger partial charge >= 0.3 is 5.97 Å². The number of thiophene rings is 1. The molecule has 3 aromatic rings. The molecule has 1 amide bonds. The van der Waals surface area contributed by atoms with Crippen LogP contribution in [-0.2, 0) is 29.0 Å². The third-order valence-corrected chi connectivity index (χ3v) is 6.88. The molecule has 0 unspecified atom stereocenters. The second-order valence-electron chi connectivity index (χ2n) is 6.82. The highest BCUT2D eigenvalue weighted by molar-refractivity contribution is 7.99. The Bertz CT molecular complexity index is 1110. The van der Waals surface area contributed by atoms with E-state index in [0.717, 1.165) is 41.5 Å². The molecule has 1 aliphatic carbocycles. The zero-order chi connectivity index (χ0) is 22.5. The van der Waals surface area contributed by atoms with E-state index >= 15 is 0 Å². The van der Waals surface area contributed by atoms with Crippen molar-refractivity contribution >= 4 is 51.6 Å². The van der Waals surface area contributed by atoms with E-state index < -0.39 is 5.97 Å². The van der Waals surface area contributed by atoms with Gasteiger partial charge in [0.05, 0.1) is 17.9 Å². The van der Waals surface area contributed by atoms with Gasteiger partial charge in [0.25, 0.3) is 11.1 Å². The predicted molar refractivity (Wildman–Crippen MR) is 122 cm³/mol. The number of nitrogens with zero attached hydrogens (tertiary/aromatic N) is 2. The molecule has 1 aromatic carbocycles. The van der Waals surface area contributed by atoms with Crippen LogP contribution in [0.1, 0.15) is 40.0 Å². The molecule has 11 heteroatoms. The molecule has 0 bridgehead atoms. The fraction of sp³-hybridized carbons (Fsp3) is 0.333. The first-order chi connectivity index (χ1) is 15.5. The number of rotatable bonds is 9. The Kier molecular flexibility index (Phi) is 7.33. The molecule has 1 aliphatic rings. The van der Waals surface area contributed by atoms with Crippen molar-refractivity contribution in [3.63, 3.8) is 0 Å². The van der Waals surface area contributed by atoms with Crippen molar-refractivity contribution in [2.45, 2.75) is 38.0 Å². The lowest BCUT2D eigenvalue weighted by molar-refractivity contribution is -0.113. The van der Waals surface area contributed by atoms with Gasteiger partial charge in [-0.3, -0.25) is 4.79 Å². The maximum Gasteiger partial charge on any atom is 0.341 e. The van der Waals surface area contributed by atoms with Crippen molar-refractivity contribution in [1.82, 2.24) is 10.2 Å². The summed E-state index contributed by atoms with van der Waals surface area (Å²) in [5.41, 5.74) is 1.49. The molecule has 2 aromatic heterocycles. The molecule has 0 atom stereocenters. The monoisotopic (exact) mass is 493 g/mol. The minimum atomic E-state index is -0.392. The number of carbonyl (C=O) groups excluding carboxylic acids is 2. The average Bonchev–Trinajstić information content (AvgIpc) is 3.48. The van der Waals surface area contributed by atoms with Crippen molar-refractivity contribution < 1.29 is 23.5 Å². The summed E-state index contributed by atoms with van der Waals surface area (Å²) in [5.74, 6) is 0.322. The quantitative estimate of drug-likeness (QED) is 0.336. The van der Waals surface area contributed by atoms with Gasteiger partial charge in [-0.05, 0) is 56.0 Å². The number of hydrogen-bond donors (Lipinski definition) is 1. The lowest BCUT2D eigenvalue weighted by atomic mass is 10.1. The summed E-state index contributed by atoms with van der Waals surface area (Å²) >= 11 is 8.40. The molecule has 1 N–H and O–H groups in total. The fourth-order valence-corrected chi connectivity index (χ4v) is 5.23. The van der Waals surface area contributed by atoms with Crippen molar-refractivity contribution in [3.05, 3.63) is 51.2 Å². The molecule has 0 saturated carbocycles. The van der Waals surface area contributed by atoms with E-state index in [9.17, 15) is 9.59 Å². The molecule has 2 heterocycles. The first-order valence-corrected chi connectivity index (χ1v) is 12.2. The third kappa shape index (κ3) is 5.43.